The van der Waals surface area contributed by atoms with Crippen molar-refractivity contribution < 1.29 is 12.4 Å². The average Bonchev–Trinajstić information content (AvgIpc) is 3.57. The van der Waals surface area contributed by atoms with Crippen molar-refractivity contribution in [2.24, 2.45) is 14.1 Å². The number of carbonyl (C=O) groups is 1. The van der Waals surface area contributed by atoms with Crippen molar-refractivity contribution in [2.75, 3.05) is 12.4 Å². The summed E-state index contributed by atoms with van der Waals surface area (Å²) >= 11 is 0. The third kappa shape index (κ3) is 3.74. The molecule has 9 heteroatoms. The molecule has 0 spiro atoms. The first kappa shape index (κ1) is 23.1. The Bertz CT molecular complexity index is 1650. The van der Waals surface area contributed by atoms with Crippen LogP contribution < -0.4 is 10.1 Å². The van der Waals surface area contributed by atoms with Gasteiger partial charge in [-0.2, -0.15) is 10.2 Å². The molecule has 0 fully saturated rings. The van der Waals surface area contributed by atoms with Crippen molar-refractivity contribution in [2.45, 2.75) is 13.8 Å². The summed E-state index contributed by atoms with van der Waals surface area (Å²) in [6.07, 6.45) is 8.68. The Morgan fingerprint density at radius 1 is 1.14 bits per heavy atom. The van der Waals surface area contributed by atoms with Gasteiger partial charge in [0.25, 0.3) is 0 Å². The van der Waals surface area contributed by atoms with Gasteiger partial charge in [-0.05, 0) is 42.7 Å². The van der Waals surface area contributed by atoms with E-state index in [1.54, 1.807) is 22.7 Å². The van der Waals surface area contributed by atoms with E-state index >= 15 is 0 Å². The quantitative estimate of drug-likeness (QED) is 0.319. The van der Waals surface area contributed by atoms with Gasteiger partial charge in [-0.3, -0.25) is 9.48 Å². The zero-order valence-corrected chi connectivity index (χ0v) is 20.9. The van der Waals surface area contributed by atoms with Crippen LogP contribution in [0.15, 0.2) is 55.6 Å². The summed E-state index contributed by atoms with van der Waals surface area (Å²) in [5.41, 5.74) is 8.99. The van der Waals surface area contributed by atoms with Crippen molar-refractivity contribution in [3.63, 3.8) is 0 Å². The number of hydrogen-bond donors (Lipinski definition) is 2. The van der Waals surface area contributed by atoms with Crippen LogP contribution in [0, 0.1) is 13.8 Å². The van der Waals surface area contributed by atoms with E-state index in [2.05, 4.69) is 40.1 Å². The second-order valence-electron chi connectivity index (χ2n) is 8.71. The Hall–Kier alpha value is -4.66. The lowest BCUT2D eigenvalue weighted by molar-refractivity contribution is -0.111. The zero-order chi connectivity index (χ0) is 25.6. The number of H-pyrrole nitrogens is 1. The number of pyridine rings is 1. The molecule has 0 aliphatic carbocycles. The molecule has 4 aromatic heterocycles. The summed E-state index contributed by atoms with van der Waals surface area (Å²) in [5, 5.41) is 12.6. The number of aromatic amines is 1. The monoisotopic (exact) mass is 485 g/mol. The number of rotatable bonds is 6. The van der Waals surface area contributed by atoms with E-state index in [0.29, 0.717) is 5.88 Å². The molecule has 0 saturated heterocycles. The Morgan fingerprint density at radius 3 is 2.64 bits per heavy atom. The van der Waals surface area contributed by atoms with Crippen LogP contribution in [0.5, 0.6) is 5.88 Å². The molecule has 0 atom stereocenters. The molecular formula is C27H31N7O2. The number of aryl methyl sites for hydroxylation is 4. The van der Waals surface area contributed by atoms with E-state index in [9.17, 15) is 4.79 Å². The second-order valence-corrected chi connectivity index (χ2v) is 8.71. The van der Waals surface area contributed by atoms with Crippen molar-refractivity contribution in [3.05, 3.63) is 66.8 Å². The minimum absolute atomic E-state index is 0. The smallest absolute Gasteiger partial charge is 0.247 e. The van der Waals surface area contributed by atoms with Crippen LogP contribution in [0.25, 0.3) is 44.5 Å². The highest BCUT2D eigenvalue weighted by Gasteiger charge is 2.23. The van der Waals surface area contributed by atoms with Crippen LogP contribution in [-0.4, -0.2) is 42.5 Å². The standard InChI is InChI=1S/C27H27N7O2.2H2/c1-7-22(35)31-21-10-17(9-8-15(21)2)24-23-16(3)19(20-13-30-34(5)27(20)36-6)12-28-26(23)32-25(24)18-11-29-33(4)14-18;;/h7-14H,1H2,2-6H3,(H,28,32)(H,31,35);2*1H. The zero-order valence-electron chi connectivity index (χ0n) is 20.9. The molecule has 4 heterocycles. The van der Waals surface area contributed by atoms with Crippen molar-refractivity contribution in [1.82, 2.24) is 29.5 Å². The average molecular weight is 486 g/mol. The van der Waals surface area contributed by atoms with Gasteiger partial charge in [-0.1, -0.05) is 18.7 Å². The second kappa shape index (κ2) is 8.84. The van der Waals surface area contributed by atoms with Gasteiger partial charge in [0.1, 0.15) is 5.65 Å². The number of methoxy groups -OCH3 is 1. The van der Waals surface area contributed by atoms with Gasteiger partial charge in [0.05, 0.1) is 30.8 Å². The number of hydrogen-bond acceptors (Lipinski definition) is 5. The van der Waals surface area contributed by atoms with Gasteiger partial charge in [0.15, 0.2) is 0 Å². The number of amides is 1. The Morgan fingerprint density at radius 2 is 1.94 bits per heavy atom. The van der Waals surface area contributed by atoms with E-state index < -0.39 is 0 Å². The fourth-order valence-corrected chi connectivity index (χ4v) is 4.59. The molecule has 1 amide bonds. The maximum absolute atomic E-state index is 12.1. The third-order valence-electron chi connectivity index (χ3n) is 6.41. The molecule has 0 radical (unpaired) electrons. The fraction of sp³-hybridized carbons (Fsp3) is 0.185. The predicted molar refractivity (Wildman–Crippen MR) is 145 cm³/mol. The summed E-state index contributed by atoms with van der Waals surface area (Å²) in [7, 11) is 5.36. The summed E-state index contributed by atoms with van der Waals surface area (Å²) in [6, 6.07) is 6.03. The minimum atomic E-state index is -0.259. The summed E-state index contributed by atoms with van der Waals surface area (Å²) in [5.74, 6) is 0.402. The predicted octanol–water partition coefficient (Wildman–Crippen LogP) is 5.27. The van der Waals surface area contributed by atoms with Gasteiger partial charge in [-0.25, -0.2) is 9.67 Å². The number of nitrogens with one attached hydrogen (secondary N) is 2. The van der Waals surface area contributed by atoms with Crippen LogP contribution in [-0.2, 0) is 18.9 Å². The molecule has 5 aromatic rings. The maximum Gasteiger partial charge on any atom is 0.247 e. The van der Waals surface area contributed by atoms with E-state index in [1.807, 2.05) is 51.7 Å². The third-order valence-corrected chi connectivity index (χ3v) is 6.41. The largest absolute Gasteiger partial charge is 0.481 e. The van der Waals surface area contributed by atoms with Crippen LogP contribution in [0.1, 0.15) is 14.0 Å². The topological polar surface area (TPSA) is 103 Å². The highest BCUT2D eigenvalue weighted by molar-refractivity contribution is 6.07. The lowest BCUT2D eigenvalue weighted by Crippen LogP contribution is -2.08. The van der Waals surface area contributed by atoms with E-state index in [0.717, 1.165) is 61.4 Å². The molecule has 0 bridgehead atoms. The summed E-state index contributed by atoms with van der Waals surface area (Å²) in [6.45, 7) is 7.60. The lowest BCUT2D eigenvalue weighted by Gasteiger charge is -2.12. The number of nitrogens with zero attached hydrogens (tertiary/aromatic N) is 5. The van der Waals surface area contributed by atoms with Crippen LogP contribution in [0.4, 0.5) is 5.69 Å². The molecule has 2 N–H and O–H groups in total. The molecule has 9 nitrogen and oxygen atoms in total. The van der Waals surface area contributed by atoms with Crippen LogP contribution in [0.3, 0.4) is 0 Å². The number of aromatic nitrogens is 6. The first-order chi connectivity index (χ1) is 17.3. The van der Waals surface area contributed by atoms with Gasteiger partial charge in [-0.15, -0.1) is 0 Å². The maximum atomic E-state index is 12.1. The van der Waals surface area contributed by atoms with E-state index in [4.69, 9.17) is 9.72 Å². The first-order valence-corrected chi connectivity index (χ1v) is 11.4. The van der Waals surface area contributed by atoms with E-state index in [-0.39, 0.29) is 8.76 Å². The van der Waals surface area contributed by atoms with Crippen molar-refractivity contribution in [3.8, 4) is 39.4 Å². The number of anilines is 1. The van der Waals surface area contributed by atoms with Crippen LogP contribution >= 0.6 is 0 Å². The summed E-state index contributed by atoms with van der Waals surface area (Å²) in [4.78, 5) is 20.4. The highest BCUT2D eigenvalue weighted by Crippen LogP contribution is 2.43. The van der Waals surface area contributed by atoms with Crippen molar-refractivity contribution in [1.29, 1.82) is 0 Å². The van der Waals surface area contributed by atoms with Gasteiger partial charge < -0.3 is 15.0 Å². The normalized spacial score (nSPS) is 11.1. The highest BCUT2D eigenvalue weighted by atomic mass is 16.5. The molecule has 0 unspecified atom stereocenters. The molecule has 1 aromatic carbocycles. The Balaban J connectivity index is 0.00000200. The summed E-state index contributed by atoms with van der Waals surface area (Å²) < 4.78 is 9.08. The first-order valence-electron chi connectivity index (χ1n) is 11.4. The Labute approximate surface area is 211 Å². The molecule has 5 rings (SSSR count). The molecule has 0 saturated carbocycles. The molecular weight excluding hydrogens is 454 g/mol. The van der Waals surface area contributed by atoms with Gasteiger partial charge in [0.2, 0.25) is 11.8 Å². The number of carbonyl (C=O) groups excluding carboxylic acids is 1. The number of benzene rings is 1. The van der Waals surface area contributed by atoms with Crippen LogP contribution in [0.2, 0.25) is 0 Å². The number of fused-ring (bicyclic) bond motifs is 1. The fourth-order valence-electron chi connectivity index (χ4n) is 4.59. The molecule has 0 aliphatic rings. The SMILES string of the molecule is C=CC(=O)Nc1cc(-c2c(-c3cnn(C)c3)[nH]c3ncc(-c4cnn(C)c4OC)c(C)c23)ccc1C.[HH].[HH]. The van der Waals surface area contributed by atoms with E-state index in [1.165, 1.54) is 6.08 Å². The van der Waals surface area contributed by atoms with Gasteiger partial charge >= 0.3 is 0 Å². The molecule has 0 aliphatic heterocycles. The molecule has 36 heavy (non-hydrogen) atoms. The van der Waals surface area contributed by atoms with Crippen molar-refractivity contribution >= 4 is 22.6 Å². The lowest BCUT2D eigenvalue weighted by atomic mass is 9.94. The Kier molecular flexibility index (Phi) is 5.68. The number of ether oxygens (including phenoxy) is 1. The van der Waals surface area contributed by atoms with Gasteiger partial charge in [0, 0.05) is 57.1 Å². The minimum Gasteiger partial charge on any atom is -0.481 e. The molecule has 186 valence electrons.